The van der Waals surface area contributed by atoms with E-state index in [9.17, 15) is 14.3 Å². The molecule has 154 valence electrons. The van der Waals surface area contributed by atoms with Crippen LogP contribution in [0, 0.1) is 11.7 Å². The molecule has 0 saturated carbocycles. The van der Waals surface area contributed by atoms with Crippen LogP contribution in [0.5, 0.6) is 5.75 Å². The fourth-order valence-corrected chi connectivity index (χ4v) is 5.26. The van der Waals surface area contributed by atoms with Crippen molar-refractivity contribution in [3.63, 3.8) is 0 Å². The Morgan fingerprint density at radius 1 is 1.28 bits per heavy atom. The number of amides is 2. The molecule has 1 aliphatic heterocycles. The molecule has 2 bridgehead atoms. The number of piperidine rings is 1. The minimum atomic E-state index is -0.333. The van der Waals surface area contributed by atoms with Crippen molar-refractivity contribution in [1.29, 1.82) is 0 Å². The lowest BCUT2D eigenvalue weighted by Gasteiger charge is -2.55. The Kier molecular flexibility index (Phi) is 5.21. The Hall–Kier alpha value is -2.60. The normalized spacial score (nSPS) is 25.9. The molecule has 2 aromatic rings. The van der Waals surface area contributed by atoms with E-state index in [4.69, 9.17) is 0 Å². The number of likely N-dealkylation sites (tertiary alicyclic amines) is 1. The van der Waals surface area contributed by atoms with E-state index in [2.05, 4.69) is 29.5 Å². The fourth-order valence-electron chi connectivity index (χ4n) is 5.26. The number of phenols is 1. The van der Waals surface area contributed by atoms with Crippen molar-refractivity contribution in [3.05, 3.63) is 59.4 Å². The van der Waals surface area contributed by atoms with E-state index < -0.39 is 0 Å². The molecule has 0 aromatic heterocycles. The molecule has 29 heavy (non-hydrogen) atoms. The van der Waals surface area contributed by atoms with Gasteiger partial charge in [-0.15, -0.1) is 0 Å². The highest BCUT2D eigenvalue weighted by atomic mass is 19.1. The average molecular weight is 397 g/mol. The minimum absolute atomic E-state index is 0.0628. The van der Waals surface area contributed by atoms with Crippen LogP contribution in [-0.4, -0.2) is 42.2 Å². The van der Waals surface area contributed by atoms with E-state index in [-0.39, 0.29) is 17.3 Å². The zero-order valence-corrected chi connectivity index (χ0v) is 16.9. The lowest BCUT2D eigenvalue weighted by Crippen LogP contribution is -2.58. The Morgan fingerprint density at radius 3 is 2.79 bits per heavy atom. The van der Waals surface area contributed by atoms with Crippen LogP contribution in [0.3, 0.4) is 0 Å². The van der Waals surface area contributed by atoms with Gasteiger partial charge in [-0.25, -0.2) is 9.18 Å². The maximum absolute atomic E-state index is 13.0. The quantitative estimate of drug-likeness (QED) is 0.734. The number of urea groups is 1. The van der Waals surface area contributed by atoms with Crippen LogP contribution in [0.4, 0.5) is 14.9 Å². The van der Waals surface area contributed by atoms with Gasteiger partial charge in [-0.05, 0) is 86.3 Å². The van der Waals surface area contributed by atoms with Crippen LogP contribution >= 0.6 is 0 Å². The van der Waals surface area contributed by atoms with Crippen molar-refractivity contribution < 1.29 is 14.3 Å². The molecule has 2 aromatic carbocycles. The molecule has 1 saturated heterocycles. The van der Waals surface area contributed by atoms with Gasteiger partial charge in [0.15, 0.2) is 0 Å². The van der Waals surface area contributed by atoms with Gasteiger partial charge in [0.05, 0.1) is 0 Å². The van der Waals surface area contributed by atoms with Crippen LogP contribution < -0.4 is 10.6 Å². The number of halogens is 1. The molecule has 1 heterocycles. The van der Waals surface area contributed by atoms with E-state index in [1.807, 2.05) is 12.1 Å². The molecule has 3 atom stereocenters. The predicted octanol–water partition coefficient (Wildman–Crippen LogP) is 3.88. The molecule has 4 rings (SSSR count). The largest absolute Gasteiger partial charge is 0.508 e. The number of benzene rings is 2. The van der Waals surface area contributed by atoms with E-state index in [1.165, 1.54) is 35.4 Å². The molecule has 1 unspecified atom stereocenters. The van der Waals surface area contributed by atoms with Crippen LogP contribution in [0.25, 0.3) is 0 Å². The van der Waals surface area contributed by atoms with Crippen LogP contribution in [-0.2, 0) is 11.8 Å². The van der Waals surface area contributed by atoms with Gasteiger partial charge in [0.1, 0.15) is 11.6 Å². The Bertz CT molecular complexity index is 901. The summed E-state index contributed by atoms with van der Waals surface area (Å²) >= 11 is 0. The zero-order chi connectivity index (χ0) is 20.6. The molecule has 1 aliphatic carbocycles. The number of anilines is 1. The SMILES string of the molecule is C[C@H]1[C@H]2Cc3ccc(O)cc3C1(CCNC(=O)Nc1ccc(F)cc1)CCN2C. The lowest BCUT2D eigenvalue weighted by atomic mass is 9.56. The van der Waals surface area contributed by atoms with Crippen molar-refractivity contribution in [2.24, 2.45) is 5.92 Å². The number of aromatic hydroxyl groups is 1. The van der Waals surface area contributed by atoms with E-state index >= 15 is 0 Å². The number of hydrogen-bond acceptors (Lipinski definition) is 3. The second-order valence-electron chi connectivity index (χ2n) is 8.43. The molecule has 0 spiro atoms. The monoisotopic (exact) mass is 397 g/mol. The summed E-state index contributed by atoms with van der Waals surface area (Å²) in [6.07, 6.45) is 2.80. The van der Waals surface area contributed by atoms with Gasteiger partial charge in [0.25, 0.3) is 0 Å². The smallest absolute Gasteiger partial charge is 0.319 e. The molecule has 5 nitrogen and oxygen atoms in total. The molecule has 2 aliphatic rings. The molecule has 0 radical (unpaired) electrons. The summed E-state index contributed by atoms with van der Waals surface area (Å²) < 4.78 is 13.0. The first-order valence-corrected chi connectivity index (χ1v) is 10.2. The van der Waals surface area contributed by atoms with Crippen molar-refractivity contribution >= 4 is 11.7 Å². The summed E-state index contributed by atoms with van der Waals surface area (Å²) in [6, 6.07) is 11.6. The number of nitrogens with one attached hydrogen (secondary N) is 2. The van der Waals surface area contributed by atoms with Gasteiger partial charge >= 0.3 is 6.03 Å². The highest BCUT2D eigenvalue weighted by Crippen LogP contribution is 2.51. The summed E-state index contributed by atoms with van der Waals surface area (Å²) in [5.74, 6) is 0.396. The zero-order valence-electron chi connectivity index (χ0n) is 16.9. The number of nitrogens with zero attached hydrogens (tertiary/aromatic N) is 1. The van der Waals surface area contributed by atoms with Crippen molar-refractivity contribution in [1.82, 2.24) is 10.2 Å². The van der Waals surface area contributed by atoms with Gasteiger partial charge < -0.3 is 20.6 Å². The van der Waals surface area contributed by atoms with E-state index in [0.717, 1.165) is 25.8 Å². The number of likely N-dealkylation sites (N-methyl/N-ethyl adjacent to an activating group) is 1. The molecule has 3 N–H and O–H groups in total. The predicted molar refractivity (Wildman–Crippen MR) is 112 cm³/mol. The standard InChI is InChI=1S/C23H28FN3O2/c1-15-21-13-16-3-8-19(28)14-20(16)23(15,10-12-27(21)2)9-11-25-22(29)26-18-6-4-17(24)5-7-18/h3-8,14-15,21,28H,9-13H2,1-2H3,(H2,25,26,29)/t15-,21+,23?/m0/s1. The lowest BCUT2D eigenvalue weighted by molar-refractivity contribution is 0.0364. The first-order valence-electron chi connectivity index (χ1n) is 10.2. The number of rotatable bonds is 4. The number of phenolic OH excluding ortho intramolecular Hbond substituents is 1. The van der Waals surface area contributed by atoms with Crippen LogP contribution in [0.1, 0.15) is 30.9 Å². The third-order valence-corrected chi connectivity index (χ3v) is 6.94. The van der Waals surface area contributed by atoms with E-state index in [1.54, 1.807) is 6.07 Å². The van der Waals surface area contributed by atoms with Gasteiger partial charge in [-0.3, -0.25) is 0 Å². The van der Waals surface area contributed by atoms with Crippen molar-refractivity contribution in [2.45, 2.75) is 37.6 Å². The highest BCUT2D eigenvalue weighted by Gasteiger charge is 2.50. The average Bonchev–Trinajstić information content (AvgIpc) is 2.69. The summed E-state index contributed by atoms with van der Waals surface area (Å²) in [6.45, 7) is 3.83. The molecule has 1 fully saturated rings. The maximum atomic E-state index is 13.0. The van der Waals surface area contributed by atoms with Gasteiger partial charge in [-0.1, -0.05) is 13.0 Å². The third-order valence-electron chi connectivity index (χ3n) is 6.94. The highest BCUT2D eigenvalue weighted by molar-refractivity contribution is 5.89. The van der Waals surface area contributed by atoms with Gasteiger partial charge in [0.2, 0.25) is 0 Å². The van der Waals surface area contributed by atoms with Crippen molar-refractivity contribution in [2.75, 3.05) is 25.5 Å². The first kappa shape index (κ1) is 19.7. The summed E-state index contributed by atoms with van der Waals surface area (Å²) in [7, 11) is 2.19. The second kappa shape index (κ2) is 7.67. The van der Waals surface area contributed by atoms with Gasteiger partial charge in [0, 0.05) is 23.7 Å². The van der Waals surface area contributed by atoms with Crippen LogP contribution in [0.2, 0.25) is 0 Å². The summed E-state index contributed by atoms with van der Waals surface area (Å²) in [4.78, 5) is 14.7. The first-order chi connectivity index (χ1) is 13.9. The van der Waals surface area contributed by atoms with Crippen LogP contribution in [0.15, 0.2) is 42.5 Å². The summed E-state index contributed by atoms with van der Waals surface area (Å²) in [5, 5.41) is 15.8. The number of fused-ring (bicyclic) bond motifs is 4. The minimum Gasteiger partial charge on any atom is -0.508 e. The maximum Gasteiger partial charge on any atom is 0.319 e. The molecular weight excluding hydrogens is 369 g/mol. The Labute approximate surface area is 170 Å². The Balaban J connectivity index is 1.48. The fraction of sp³-hybridized carbons (Fsp3) is 0.435. The third kappa shape index (κ3) is 3.69. The topological polar surface area (TPSA) is 64.6 Å². The van der Waals surface area contributed by atoms with E-state index in [0.29, 0.717) is 29.9 Å². The molecule has 2 amide bonds. The van der Waals surface area contributed by atoms with Gasteiger partial charge in [-0.2, -0.15) is 0 Å². The Morgan fingerprint density at radius 2 is 2.03 bits per heavy atom. The number of carbonyl (C=O) groups excluding carboxylic acids is 1. The number of carbonyl (C=O) groups is 1. The summed E-state index contributed by atoms with van der Waals surface area (Å²) in [5.41, 5.74) is 3.03. The second-order valence-corrected chi connectivity index (χ2v) is 8.43. The number of hydrogen-bond donors (Lipinski definition) is 3. The molecular formula is C23H28FN3O2. The van der Waals surface area contributed by atoms with Crippen molar-refractivity contribution in [3.8, 4) is 5.75 Å². The molecule has 6 heteroatoms.